The first-order valence-electron chi connectivity index (χ1n) is 7.28. The summed E-state index contributed by atoms with van der Waals surface area (Å²) >= 11 is 0. The van der Waals surface area contributed by atoms with E-state index in [2.05, 4.69) is 29.5 Å². The molecule has 1 aliphatic heterocycles. The molecule has 118 valence electrons. The van der Waals surface area contributed by atoms with E-state index in [1.807, 2.05) is 29.0 Å². The van der Waals surface area contributed by atoms with Crippen LogP contribution in [0.2, 0.25) is 0 Å². The predicted molar refractivity (Wildman–Crippen MR) is 89.3 cm³/mol. The Balaban J connectivity index is 0.00000176. The zero-order valence-corrected chi connectivity index (χ0v) is 13.6. The van der Waals surface area contributed by atoms with Gasteiger partial charge in [-0.1, -0.05) is 19.9 Å². The highest BCUT2D eigenvalue weighted by atomic mass is 35.5. The van der Waals surface area contributed by atoms with Crippen molar-refractivity contribution in [3.8, 4) is 0 Å². The first-order chi connectivity index (χ1) is 10.1. The molecule has 0 radical (unpaired) electrons. The zero-order valence-electron chi connectivity index (χ0n) is 12.8. The number of nitrogens with one attached hydrogen (secondary N) is 2. The van der Waals surface area contributed by atoms with Crippen LogP contribution < -0.4 is 10.6 Å². The van der Waals surface area contributed by atoms with Crippen molar-refractivity contribution in [2.75, 3.05) is 5.32 Å². The van der Waals surface area contributed by atoms with Gasteiger partial charge in [-0.25, -0.2) is 4.98 Å². The van der Waals surface area contributed by atoms with Gasteiger partial charge in [0.15, 0.2) is 0 Å². The summed E-state index contributed by atoms with van der Waals surface area (Å²) in [7, 11) is 0. The Labute approximate surface area is 136 Å². The number of nitrogens with zero attached hydrogens (tertiary/aromatic N) is 2. The molecule has 0 aliphatic carbocycles. The van der Waals surface area contributed by atoms with Gasteiger partial charge < -0.3 is 9.88 Å². The number of benzene rings is 1. The topological polar surface area (TPSA) is 59.0 Å². The molecule has 3 rings (SSSR count). The average molecular weight is 321 g/mol. The smallest absolute Gasteiger partial charge is 0.257 e. The van der Waals surface area contributed by atoms with Gasteiger partial charge in [-0.3, -0.25) is 10.1 Å². The van der Waals surface area contributed by atoms with Gasteiger partial charge >= 0.3 is 0 Å². The van der Waals surface area contributed by atoms with Crippen LogP contribution >= 0.6 is 12.4 Å². The number of anilines is 1. The minimum Gasteiger partial charge on any atom is -0.317 e. The van der Waals surface area contributed by atoms with Crippen LogP contribution in [-0.4, -0.2) is 15.5 Å². The first-order valence-corrected chi connectivity index (χ1v) is 7.28. The summed E-state index contributed by atoms with van der Waals surface area (Å²) in [4.78, 5) is 16.6. The molecule has 1 amide bonds. The van der Waals surface area contributed by atoms with E-state index in [1.54, 1.807) is 6.20 Å². The molecule has 6 heteroatoms. The number of carbonyl (C=O) groups is 1. The van der Waals surface area contributed by atoms with Gasteiger partial charge in [-0.15, -0.1) is 12.4 Å². The summed E-state index contributed by atoms with van der Waals surface area (Å²) in [6, 6.07) is 5.85. The predicted octanol–water partition coefficient (Wildman–Crippen LogP) is 2.82. The number of rotatable bonds is 4. The average Bonchev–Trinajstić information content (AvgIpc) is 3.06. The second-order valence-electron chi connectivity index (χ2n) is 5.84. The molecule has 1 aromatic heterocycles. The molecule has 1 aromatic carbocycles. The van der Waals surface area contributed by atoms with Crippen molar-refractivity contribution in [1.82, 2.24) is 14.9 Å². The minimum absolute atomic E-state index is 0. The Morgan fingerprint density at radius 1 is 1.36 bits per heavy atom. The molecule has 0 spiro atoms. The quantitative estimate of drug-likeness (QED) is 0.910. The van der Waals surface area contributed by atoms with E-state index < -0.39 is 0 Å². The van der Waals surface area contributed by atoms with E-state index in [0.717, 1.165) is 19.6 Å². The van der Waals surface area contributed by atoms with E-state index >= 15 is 0 Å². The molecule has 2 aromatic rings. The van der Waals surface area contributed by atoms with Crippen molar-refractivity contribution in [3.63, 3.8) is 0 Å². The van der Waals surface area contributed by atoms with E-state index in [4.69, 9.17) is 0 Å². The fourth-order valence-corrected chi connectivity index (χ4v) is 2.58. The van der Waals surface area contributed by atoms with Crippen molar-refractivity contribution < 1.29 is 4.79 Å². The summed E-state index contributed by atoms with van der Waals surface area (Å²) < 4.78 is 1.97. The number of carbonyl (C=O) groups excluding carboxylic acids is 1. The molecule has 0 bridgehead atoms. The molecule has 2 heterocycles. The van der Waals surface area contributed by atoms with E-state index in [1.165, 1.54) is 11.1 Å². The molecule has 5 nitrogen and oxygen atoms in total. The highest BCUT2D eigenvalue weighted by Gasteiger charge is 2.15. The number of fused-ring (bicyclic) bond motifs is 1. The first kappa shape index (κ1) is 16.5. The van der Waals surface area contributed by atoms with E-state index in [9.17, 15) is 4.79 Å². The number of aromatic nitrogens is 2. The van der Waals surface area contributed by atoms with Crippen LogP contribution in [0.1, 0.15) is 35.3 Å². The number of imidazole rings is 1. The van der Waals surface area contributed by atoms with Gasteiger partial charge in [0.1, 0.15) is 0 Å². The number of hydrogen-bond acceptors (Lipinski definition) is 3. The van der Waals surface area contributed by atoms with Crippen molar-refractivity contribution in [1.29, 1.82) is 0 Å². The van der Waals surface area contributed by atoms with Crippen LogP contribution in [0.5, 0.6) is 0 Å². The minimum atomic E-state index is -0.110. The van der Waals surface area contributed by atoms with Crippen LogP contribution in [-0.2, 0) is 19.6 Å². The molecular formula is C16H21ClN4O. The highest BCUT2D eigenvalue weighted by molar-refractivity contribution is 6.03. The Bertz CT molecular complexity index is 666. The van der Waals surface area contributed by atoms with Crippen molar-refractivity contribution in [2.24, 2.45) is 5.92 Å². The van der Waals surface area contributed by atoms with Crippen molar-refractivity contribution >= 4 is 24.3 Å². The monoisotopic (exact) mass is 320 g/mol. The Morgan fingerprint density at radius 2 is 2.14 bits per heavy atom. The van der Waals surface area contributed by atoms with E-state index in [0.29, 0.717) is 17.4 Å². The lowest BCUT2D eigenvalue weighted by atomic mass is 10.1. The van der Waals surface area contributed by atoms with Crippen LogP contribution in [0.25, 0.3) is 0 Å². The molecule has 22 heavy (non-hydrogen) atoms. The SMILES string of the molecule is CC(C)Cn1ccnc1NC(=O)c1ccc2c(c1)CNC2.Cl. The third-order valence-electron chi connectivity index (χ3n) is 3.60. The second-order valence-corrected chi connectivity index (χ2v) is 5.84. The fraction of sp³-hybridized carbons (Fsp3) is 0.375. The van der Waals surface area contributed by atoms with Gasteiger partial charge in [0.2, 0.25) is 5.95 Å². The molecular weight excluding hydrogens is 300 g/mol. The van der Waals surface area contributed by atoms with Gasteiger partial charge in [-0.2, -0.15) is 0 Å². The van der Waals surface area contributed by atoms with Crippen LogP contribution in [0, 0.1) is 5.92 Å². The lowest BCUT2D eigenvalue weighted by Gasteiger charge is -2.11. The fourth-order valence-electron chi connectivity index (χ4n) is 2.58. The molecule has 0 fully saturated rings. The van der Waals surface area contributed by atoms with E-state index in [-0.39, 0.29) is 18.3 Å². The number of amides is 1. The summed E-state index contributed by atoms with van der Waals surface area (Å²) in [5, 5.41) is 6.18. The molecule has 0 unspecified atom stereocenters. The normalized spacial score (nSPS) is 12.9. The lowest BCUT2D eigenvalue weighted by molar-refractivity contribution is 0.102. The standard InChI is InChI=1S/C16H20N4O.ClH/c1-11(2)10-20-6-5-18-16(20)19-15(21)12-3-4-13-8-17-9-14(13)7-12;/h3-7,11,17H,8-10H2,1-2H3,(H,18,19,21);1H. The Morgan fingerprint density at radius 3 is 2.91 bits per heavy atom. The summed E-state index contributed by atoms with van der Waals surface area (Å²) in [5.41, 5.74) is 3.15. The maximum absolute atomic E-state index is 12.4. The van der Waals surface area contributed by atoms with Gasteiger partial charge in [0.05, 0.1) is 0 Å². The Kier molecular flexibility index (Phi) is 5.21. The maximum atomic E-state index is 12.4. The summed E-state index contributed by atoms with van der Waals surface area (Å²) in [6.07, 6.45) is 3.60. The summed E-state index contributed by atoms with van der Waals surface area (Å²) in [6.45, 7) is 6.83. The van der Waals surface area contributed by atoms with Crippen LogP contribution in [0.4, 0.5) is 5.95 Å². The zero-order chi connectivity index (χ0) is 14.8. The molecule has 1 aliphatic rings. The molecule has 0 saturated carbocycles. The van der Waals surface area contributed by atoms with Crippen LogP contribution in [0.15, 0.2) is 30.6 Å². The third kappa shape index (κ3) is 3.48. The van der Waals surface area contributed by atoms with Crippen LogP contribution in [0.3, 0.4) is 0 Å². The third-order valence-corrected chi connectivity index (χ3v) is 3.60. The van der Waals surface area contributed by atoms with Gasteiger partial charge in [-0.05, 0) is 29.2 Å². The maximum Gasteiger partial charge on any atom is 0.257 e. The van der Waals surface area contributed by atoms with Crippen molar-refractivity contribution in [3.05, 3.63) is 47.3 Å². The van der Waals surface area contributed by atoms with Gasteiger partial charge in [0.25, 0.3) is 5.91 Å². The molecule has 0 saturated heterocycles. The summed E-state index contributed by atoms with van der Waals surface area (Å²) in [5.74, 6) is 0.995. The number of halogens is 1. The molecule has 2 N–H and O–H groups in total. The van der Waals surface area contributed by atoms with Gasteiger partial charge in [0, 0.05) is 37.6 Å². The lowest BCUT2D eigenvalue weighted by Crippen LogP contribution is -2.17. The molecule has 0 atom stereocenters. The highest BCUT2D eigenvalue weighted by Crippen LogP contribution is 2.18. The Hall–Kier alpha value is -1.85. The largest absolute Gasteiger partial charge is 0.317 e. The number of hydrogen-bond donors (Lipinski definition) is 2. The second kappa shape index (κ2) is 6.94. The van der Waals surface area contributed by atoms with Crippen molar-refractivity contribution in [2.45, 2.75) is 33.5 Å².